The molecule has 2 N–H and O–H groups in total. The van der Waals surface area contributed by atoms with Crippen LogP contribution in [0.5, 0.6) is 0 Å². The van der Waals surface area contributed by atoms with Crippen molar-refractivity contribution in [2.24, 2.45) is 0 Å². The smallest absolute Gasteiger partial charge is 0.198 e. The number of ketones is 1. The Morgan fingerprint density at radius 3 is 2.59 bits per heavy atom. The van der Waals surface area contributed by atoms with Gasteiger partial charge in [0.25, 0.3) is 0 Å². The number of hydrogen-bond donors (Lipinski definition) is 1. The molecule has 0 bridgehead atoms. The van der Waals surface area contributed by atoms with Crippen LogP contribution >= 0.6 is 0 Å². The molecule has 3 nitrogen and oxygen atoms in total. The summed E-state index contributed by atoms with van der Waals surface area (Å²) >= 11 is 0. The highest BCUT2D eigenvalue weighted by atomic mass is 16.3. The summed E-state index contributed by atoms with van der Waals surface area (Å²) in [6.45, 7) is 2.02. The van der Waals surface area contributed by atoms with Crippen molar-refractivity contribution >= 4 is 11.5 Å². The van der Waals surface area contributed by atoms with E-state index < -0.39 is 0 Å². The van der Waals surface area contributed by atoms with Crippen LogP contribution in [0.1, 0.15) is 35.4 Å². The molecule has 0 radical (unpaired) electrons. The molecule has 1 atom stereocenters. The molecule has 17 heavy (non-hydrogen) atoms. The molecule has 0 spiro atoms. The molecule has 2 rings (SSSR count). The zero-order valence-electron chi connectivity index (χ0n) is 9.72. The molecular weight excluding hydrogens is 214 g/mol. The van der Waals surface area contributed by atoms with Crippen LogP contribution < -0.4 is 5.73 Å². The zero-order valence-corrected chi connectivity index (χ0v) is 9.72. The monoisotopic (exact) mass is 229 g/mol. The molecule has 0 aliphatic rings. The number of benzene rings is 1. The predicted octanol–water partition coefficient (Wildman–Crippen LogP) is 3.24. The van der Waals surface area contributed by atoms with Gasteiger partial charge in [-0.05, 0) is 35.7 Å². The van der Waals surface area contributed by atoms with Gasteiger partial charge in [0, 0.05) is 12.1 Å². The predicted molar refractivity (Wildman–Crippen MR) is 66.9 cm³/mol. The van der Waals surface area contributed by atoms with Crippen LogP contribution in [0.4, 0.5) is 5.69 Å². The topological polar surface area (TPSA) is 56.2 Å². The molecule has 0 fully saturated rings. The third-order valence-electron chi connectivity index (χ3n) is 2.79. The zero-order chi connectivity index (χ0) is 12.3. The fourth-order valence-electron chi connectivity index (χ4n) is 1.76. The van der Waals surface area contributed by atoms with E-state index in [0.717, 1.165) is 11.3 Å². The number of carbonyl (C=O) groups excluding carboxylic acids is 1. The van der Waals surface area contributed by atoms with Crippen molar-refractivity contribution in [2.45, 2.75) is 19.3 Å². The summed E-state index contributed by atoms with van der Waals surface area (Å²) in [5, 5.41) is 0. The van der Waals surface area contributed by atoms with Crippen LogP contribution in [0.3, 0.4) is 0 Å². The van der Waals surface area contributed by atoms with E-state index in [0.29, 0.717) is 12.2 Å². The van der Waals surface area contributed by atoms with Crippen LogP contribution in [0.25, 0.3) is 0 Å². The summed E-state index contributed by atoms with van der Waals surface area (Å²) in [4.78, 5) is 11.8. The first-order chi connectivity index (χ1) is 8.16. The summed E-state index contributed by atoms with van der Waals surface area (Å²) in [5.41, 5.74) is 7.47. The van der Waals surface area contributed by atoms with Crippen LogP contribution in [0.15, 0.2) is 47.1 Å². The number of carbonyl (C=O) groups is 1. The summed E-state index contributed by atoms with van der Waals surface area (Å²) in [6.07, 6.45) is 1.96. The van der Waals surface area contributed by atoms with Crippen LogP contribution in [-0.4, -0.2) is 5.78 Å². The maximum atomic E-state index is 11.8. The van der Waals surface area contributed by atoms with Crippen molar-refractivity contribution in [1.82, 2.24) is 0 Å². The van der Waals surface area contributed by atoms with E-state index >= 15 is 0 Å². The number of furan rings is 1. The largest absolute Gasteiger partial charge is 0.461 e. The van der Waals surface area contributed by atoms with Gasteiger partial charge in [0.05, 0.1) is 6.26 Å². The molecule has 0 saturated heterocycles. The van der Waals surface area contributed by atoms with Crippen molar-refractivity contribution in [1.29, 1.82) is 0 Å². The lowest BCUT2D eigenvalue weighted by atomic mass is 9.95. The third kappa shape index (κ3) is 2.75. The second-order valence-electron chi connectivity index (χ2n) is 4.17. The van der Waals surface area contributed by atoms with Gasteiger partial charge in [0.1, 0.15) is 0 Å². The van der Waals surface area contributed by atoms with Crippen molar-refractivity contribution in [3.05, 3.63) is 54.0 Å². The first kappa shape index (κ1) is 11.5. The Kier molecular flexibility index (Phi) is 3.28. The van der Waals surface area contributed by atoms with Gasteiger partial charge in [-0.15, -0.1) is 0 Å². The second-order valence-corrected chi connectivity index (χ2v) is 4.17. The van der Waals surface area contributed by atoms with Crippen LogP contribution in [-0.2, 0) is 0 Å². The maximum Gasteiger partial charge on any atom is 0.198 e. The Morgan fingerprint density at radius 2 is 2.00 bits per heavy atom. The summed E-state index contributed by atoms with van der Waals surface area (Å²) in [6, 6.07) is 11.0. The Morgan fingerprint density at radius 1 is 1.29 bits per heavy atom. The van der Waals surface area contributed by atoms with Gasteiger partial charge in [-0.2, -0.15) is 0 Å². The van der Waals surface area contributed by atoms with Crippen molar-refractivity contribution < 1.29 is 9.21 Å². The minimum atomic E-state index is 0.0272. The number of hydrogen-bond acceptors (Lipinski definition) is 3. The maximum absolute atomic E-state index is 11.8. The molecule has 0 aliphatic carbocycles. The average Bonchev–Trinajstić information content (AvgIpc) is 2.83. The van der Waals surface area contributed by atoms with E-state index in [2.05, 4.69) is 0 Å². The molecule has 1 unspecified atom stereocenters. The Balaban J connectivity index is 2.04. The van der Waals surface area contributed by atoms with Crippen molar-refractivity contribution in [3.63, 3.8) is 0 Å². The number of Topliss-reactive ketones (excluding diaryl/α,β-unsaturated/α-hetero) is 1. The molecule has 1 aromatic heterocycles. The van der Waals surface area contributed by atoms with E-state index in [1.54, 1.807) is 12.1 Å². The Labute approximate surface area is 100 Å². The summed E-state index contributed by atoms with van der Waals surface area (Å²) in [5.74, 6) is 0.611. The Bertz CT molecular complexity index is 485. The van der Waals surface area contributed by atoms with Crippen LogP contribution in [0.2, 0.25) is 0 Å². The lowest BCUT2D eigenvalue weighted by molar-refractivity contribution is 0.0948. The van der Waals surface area contributed by atoms with E-state index in [9.17, 15) is 4.79 Å². The highest BCUT2D eigenvalue weighted by Gasteiger charge is 2.14. The summed E-state index contributed by atoms with van der Waals surface area (Å²) < 4.78 is 5.08. The van der Waals surface area contributed by atoms with Crippen molar-refractivity contribution in [3.8, 4) is 0 Å². The molecule has 1 heterocycles. The van der Waals surface area contributed by atoms with Gasteiger partial charge in [0.15, 0.2) is 11.5 Å². The molecule has 2 aromatic rings. The third-order valence-corrected chi connectivity index (χ3v) is 2.79. The minimum Gasteiger partial charge on any atom is -0.461 e. The van der Waals surface area contributed by atoms with Gasteiger partial charge in [0.2, 0.25) is 0 Å². The minimum absolute atomic E-state index is 0.0272. The number of nitrogens with two attached hydrogens (primary N) is 1. The lowest BCUT2D eigenvalue weighted by Gasteiger charge is -2.10. The van der Waals surface area contributed by atoms with Gasteiger partial charge in [-0.25, -0.2) is 0 Å². The van der Waals surface area contributed by atoms with E-state index in [1.807, 2.05) is 31.2 Å². The fraction of sp³-hybridized carbons (Fsp3) is 0.214. The SMILES string of the molecule is CC(CC(=O)c1ccco1)c1ccc(N)cc1. The molecule has 1 aromatic carbocycles. The van der Waals surface area contributed by atoms with Gasteiger partial charge in [-0.3, -0.25) is 4.79 Å². The van der Waals surface area contributed by atoms with E-state index in [-0.39, 0.29) is 11.7 Å². The Hall–Kier alpha value is -2.03. The van der Waals surface area contributed by atoms with Gasteiger partial charge < -0.3 is 10.2 Å². The fourth-order valence-corrected chi connectivity index (χ4v) is 1.76. The average molecular weight is 229 g/mol. The van der Waals surface area contributed by atoms with E-state index in [1.165, 1.54) is 6.26 Å². The molecular formula is C14H15NO2. The molecule has 0 aliphatic heterocycles. The van der Waals surface area contributed by atoms with E-state index in [4.69, 9.17) is 10.2 Å². The first-order valence-corrected chi connectivity index (χ1v) is 5.59. The van der Waals surface area contributed by atoms with Gasteiger partial charge >= 0.3 is 0 Å². The molecule has 88 valence electrons. The highest BCUT2D eigenvalue weighted by Crippen LogP contribution is 2.22. The van der Waals surface area contributed by atoms with Crippen molar-refractivity contribution in [2.75, 3.05) is 5.73 Å². The standard InChI is InChI=1S/C14H15NO2/c1-10(11-4-6-12(15)7-5-11)9-13(16)14-3-2-8-17-14/h2-8,10H,9,15H2,1H3. The quantitative estimate of drug-likeness (QED) is 0.646. The number of anilines is 1. The first-order valence-electron chi connectivity index (χ1n) is 5.59. The lowest BCUT2D eigenvalue weighted by Crippen LogP contribution is -2.04. The molecule has 0 saturated carbocycles. The summed E-state index contributed by atoms with van der Waals surface area (Å²) in [7, 11) is 0. The highest BCUT2D eigenvalue weighted by molar-refractivity contribution is 5.93. The normalized spacial score (nSPS) is 12.3. The number of nitrogen functional groups attached to an aromatic ring is 1. The number of rotatable bonds is 4. The second kappa shape index (κ2) is 4.87. The van der Waals surface area contributed by atoms with Crippen LogP contribution in [0, 0.1) is 0 Å². The van der Waals surface area contributed by atoms with Gasteiger partial charge in [-0.1, -0.05) is 19.1 Å². The molecule has 3 heteroatoms. The molecule has 0 amide bonds.